The van der Waals surface area contributed by atoms with Crippen LogP contribution in [0.15, 0.2) is 12.2 Å². The lowest BCUT2D eigenvalue weighted by molar-refractivity contribution is -0.162. The highest BCUT2D eigenvalue weighted by Gasteiger charge is 2.36. The van der Waals surface area contributed by atoms with Gasteiger partial charge in [0.25, 0.3) is 0 Å². The van der Waals surface area contributed by atoms with E-state index in [1.165, 1.54) is 38.5 Å². The van der Waals surface area contributed by atoms with Crippen LogP contribution in [0.4, 0.5) is 0 Å². The van der Waals surface area contributed by atoms with Crippen molar-refractivity contribution in [3.05, 3.63) is 12.2 Å². The van der Waals surface area contributed by atoms with Gasteiger partial charge in [0.15, 0.2) is 0 Å². The number of carbonyl (C=O) groups is 2. The van der Waals surface area contributed by atoms with Gasteiger partial charge in [-0.25, -0.2) is 0 Å². The average Bonchev–Trinajstić information content (AvgIpc) is 2.77. The van der Waals surface area contributed by atoms with E-state index in [9.17, 15) is 9.59 Å². The van der Waals surface area contributed by atoms with E-state index in [4.69, 9.17) is 9.47 Å². The summed E-state index contributed by atoms with van der Waals surface area (Å²) in [5.41, 5.74) is 0. The van der Waals surface area contributed by atoms with Crippen LogP contribution in [0.1, 0.15) is 111 Å². The Labute approximate surface area is 185 Å². The minimum absolute atomic E-state index is 0.233. The zero-order chi connectivity index (χ0) is 22.0. The second-order valence-corrected chi connectivity index (χ2v) is 8.84. The summed E-state index contributed by atoms with van der Waals surface area (Å²) in [6.07, 6.45) is 19.3. The molecule has 0 saturated heterocycles. The molecule has 174 valence electrons. The molecule has 1 rings (SSSR count). The summed E-state index contributed by atoms with van der Waals surface area (Å²) >= 11 is 0. The molecule has 1 aliphatic carbocycles. The van der Waals surface area contributed by atoms with E-state index in [2.05, 4.69) is 20.8 Å². The van der Waals surface area contributed by atoms with Crippen LogP contribution < -0.4 is 0 Å². The fourth-order valence-electron chi connectivity index (χ4n) is 4.06. The van der Waals surface area contributed by atoms with Gasteiger partial charge in [-0.15, -0.1) is 0 Å². The Hall–Kier alpha value is -1.32. The first-order chi connectivity index (χ1) is 14.6. The Balaban J connectivity index is 2.31. The van der Waals surface area contributed by atoms with E-state index in [0.29, 0.717) is 32.0 Å². The zero-order valence-corrected chi connectivity index (χ0v) is 19.8. The van der Waals surface area contributed by atoms with Gasteiger partial charge in [-0.3, -0.25) is 9.59 Å². The summed E-state index contributed by atoms with van der Waals surface area (Å²) in [6.45, 7) is 7.48. The monoisotopic (exact) mass is 422 g/mol. The maximum absolute atomic E-state index is 12.7. The molecule has 0 aromatic rings. The number of hydrogen-bond acceptors (Lipinski definition) is 4. The number of allylic oxidation sites excluding steroid dienone is 2. The van der Waals surface area contributed by atoms with Gasteiger partial charge in [0, 0.05) is 0 Å². The third-order valence-corrected chi connectivity index (χ3v) is 6.28. The van der Waals surface area contributed by atoms with Gasteiger partial charge in [-0.2, -0.15) is 0 Å². The highest BCUT2D eigenvalue weighted by molar-refractivity contribution is 5.82. The van der Waals surface area contributed by atoms with E-state index in [-0.39, 0.29) is 11.9 Å². The second-order valence-electron chi connectivity index (χ2n) is 8.84. The molecule has 0 fully saturated rings. The smallest absolute Gasteiger partial charge is 0.310 e. The number of hydrogen-bond donors (Lipinski definition) is 0. The minimum atomic E-state index is -0.398. The van der Waals surface area contributed by atoms with Crippen molar-refractivity contribution in [2.75, 3.05) is 13.2 Å². The summed E-state index contributed by atoms with van der Waals surface area (Å²) in [6, 6.07) is 0. The first kappa shape index (κ1) is 26.7. The Kier molecular flexibility index (Phi) is 15.5. The minimum Gasteiger partial charge on any atom is -0.465 e. The molecule has 0 spiro atoms. The zero-order valence-electron chi connectivity index (χ0n) is 19.8. The van der Waals surface area contributed by atoms with Gasteiger partial charge < -0.3 is 9.47 Å². The van der Waals surface area contributed by atoms with Gasteiger partial charge in [0.1, 0.15) is 0 Å². The summed E-state index contributed by atoms with van der Waals surface area (Å²) in [5.74, 6) is -0.844. The molecule has 0 aromatic carbocycles. The third kappa shape index (κ3) is 11.2. The molecule has 0 aromatic heterocycles. The third-order valence-electron chi connectivity index (χ3n) is 6.28. The number of rotatable bonds is 17. The van der Waals surface area contributed by atoms with Crippen molar-refractivity contribution >= 4 is 11.9 Å². The SMILES string of the molecule is CCCCCCCCCCOC(=O)C1CC=CCC1C(=O)OCC(CC)CCCC. The Morgan fingerprint density at radius 2 is 1.30 bits per heavy atom. The van der Waals surface area contributed by atoms with Crippen LogP contribution in [0.3, 0.4) is 0 Å². The lowest BCUT2D eigenvalue weighted by Gasteiger charge is -2.26. The summed E-state index contributed by atoms with van der Waals surface area (Å²) < 4.78 is 11.2. The summed E-state index contributed by atoms with van der Waals surface area (Å²) in [4.78, 5) is 25.3. The fraction of sp³-hybridized carbons (Fsp3) is 0.846. The molecule has 0 radical (unpaired) electrons. The molecular weight excluding hydrogens is 376 g/mol. The highest BCUT2D eigenvalue weighted by atomic mass is 16.5. The van der Waals surface area contributed by atoms with Crippen LogP contribution in [0.5, 0.6) is 0 Å². The Morgan fingerprint density at radius 1 is 0.767 bits per heavy atom. The molecule has 0 aliphatic heterocycles. The van der Waals surface area contributed by atoms with Crippen molar-refractivity contribution in [2.24, 2.45) is 17.8 Å². The molecular formula is C26H46O4. The van der Waals surface area contributed by atoms with Crippen LogP contribution in [-0.2, 0) is 19.1 Å². The van der Waals surface area contributed by atoms with Gasteiger partial charge in [-0.1, -0.05) is 97.1 Å². The van der Waals surface area contributed by atoms with Gasteiger partial charge >= 0.3 is 11.9 Å². The number of ether oxygens (including phenoxy) is 2. The van der Waals surface area contributed by atoms with Crippen LogP contribution in [-0.4, -0.2) is 25.2 Å². The van der Waals surface area contributed by atoms with Crippen LogP contribution in [0.2, 0.25) is 0 Å². The molecule has 4 heteroatoms. The maximum atomic E-state index is 12.7. The largest absolute Gasteiger partial charge is 0.465 e. The van der Waals surface area contributed by atoms with Crippen LogP contribution in [0, 0.1) is 17.8 Å². The maximum Gasteiger partial charge on any atom is 0.310 e. The fourth-order valence-corrected chi connectivity index (χ4v) is 4.06. The van der Waals surface area contributed by atoms with Crippen molar-refractivity contribution < 1.29 is 19.1 Å². The first-order valence-electron chi connectivity index (χ1n) is 12.6. The van der Waals surface area contributed by atoms with E-state index in [0.717, 1.165) is 38.5 Å². The molecule has 3 unspecified atom stereocenters. The average molecular weight is 423 g/mol. The molecule has 0 N–H and O–H groups in total. The number of unbranched alkanes of at least 4 members (excludes halogenated alkanes) is 8. The molecule has 0 amide bonds. The predicted octanol–water partition coefficient (Wildman–Crippen LogP) is 7.01. The van der Waals surface area contributed by atoms with Crippen molar-refractivity contribution in [2.45, 2.75) is 111 Å². The quantitative estimate of drug-likeness (QED) is 0.144. The Morgan fingerprint density at radius 3 is 1.87 bits per heavy atom. The Bertz CT molecular complexity index is 485. The van der Waals surface area contributed by atoms with Gasteiger partial charge in [0.2, 0.25) is 0 Å². The predicted molar refractivity (Wildman–Crippen MR) is 123 cm³/mol. The highest BCUT2D eigenvalue weighted by Crippen LogP contribution is 2.28. The molecule has 1 aliphatic rings. The van der Waals surface area contributed by atoms with Crippen molar-refractivity contribution in [1.82, 2.24) is 0 Å². The molecule has 4 nitrogen and oxygen atoms in total. The summed E-state index contributed by atoms with van der Waals surface area (Å²) in [7, 11) is 0. The molecule has 0 saturated carbocycles. The number of esters is 2. The van der Waals surface area contributed by atoms with Crippen molar-refractivity contribution in [1.29, 1.82) is 0 Å². The molecule has 0 bridgehead atoms. The van der Waals surface area contributed by atoms with Crippen LogP contribution >= 0.6 is 0 Å². The van der Waals surface area contributed by atoms with E-state index in [1.807, 2.05) is 12.2 Å². The number of carbonyl (C=O) groups excluding carboxylic acids is 2. The lowest BCUT2D eigenvalue weighted by Crippen LogP contribution is -2.34. The lowest BCUT2D eigenvalue weighted by atomic mass is 9.83. The van der Waals surface area contributed by atoms with E-state index in [1.54, 1.807) is 0 Å². The summed E-state index contributed by atoms with van der Waals surface area (Å²) in [5, 5.41) is 0. The van der Waals surface area contributed by atoms with Crippen LogP contribution in [0.25, 0.3) is 0 Å². The van der Waals surface area contributed by atoms with E-state index >= 15 is 0 Å². The standard InChI is InChI=1S/C26H46O4/c1-4-7-9-10-11-12-13-16-20-29-25(27)23-18-14-15-19-24(23)26(28)30-21-22(6-3)17-8-5-2/h14-15,22-24H,4-13,16-21H2,1-3H3. The second kappa shape index (κ2) is 17.4. The van der Waals surface area contributed by atoms with Gasteiger partial charge in [0.05, 0.1) is 25.0 Å². The van der Waals surface area contributed by atoms with E-state index < -0.39 is 11.8 Å². The molecule has 30 heavy (non-hydrogen) atoms. The first-order valence-corrected chi connectivity index (χ1v) is 12.6. The van der Waals surface area contributed by atoms with Crippen molar-refractivity contribution in [3.63, 3.8) is 0 Å². The molecule has 0 heterocycles. The topological polar surface area (TPSA) is 52.6 Å². The van der Waals surface area contributed by atoms with Crippen molar-refractivity contribution in [3.8, 4) is 0 Å². The molecule has 3 atom stereocenters. The normalized spacial score (nSPS) is 19.4. The van der Waals surface area contributed by atoms with Gasteiger partial charge in [-0.05, 0) is 31.6 Å².